The van der Waals surface area contributed by atoms with E-state index in [9.17, 15) is 8.42 Å². The number of aryl methyl sites for hydroxylation is 1. The van der Waals surface area contributed by atoms with Crippen LogP contribution >= 0.6 is 23.8 Å². The number of hydrogen-bond donors (Lipinski definition) is 2. The Bertz CT molecular complexity index is 601. The minimum atomic E-state index is -3.83. The van der Waals surface area contributed by atoms with Gasteiger partial charge in [0, 0.05) is 7.05 Å². The quantitative estimate of drug-likeness (QED) is 0.810. The third kappa shape index (κ3) is 2.83. The summed E-state index contributed by atoms with van der Waals surface area (Å²) in [6.07, 6.45) is 5.34. The molecule has 9 heteroatoms. The van der Waals surface area contributed by atoms with E-state index in [1.165, 1.54) is 17.9 Å². The molecule has 1 heterocycles. The van der Waals surface area contributed by atoms with Gasteiger partial charge in [-0.15, -0.1) is 0 Å². The van der Waals surface area contributed by atoms with Gasteiger partial charge in [-0.05, 0) is 12.8 Å². The van der Waals surface area contributed by atoms with Crippen LogP contribution < -0.4 is 10.5 Å². The molecule has 0 bridgehead atoms. The van der Waals surface area contributed by atoms with Gasteiger partial charge in [0.1, 0.15) is 0 Å². The fourth-order valence-electron chi connectivity index (χ4n) is 2.56. The Hall–Kier alpha value is -0.700. The van der Waals surface area contributed by atoms with Gasteiger partial charge in [0.25, 0.3) is 10.0 Å². The van der Waals surface area contributed by atoms with Gasteiger partial charge in [-0.3, -0.25) is 4.68 Å². The molecule has 1 aromatic rings. The highest BCUT2D eigenvalue weighted by atomic mass is 35.5. The second kappa shape index (κ2) is 5.59. The van der Waals surface area contributed by atoms with E-state index in [0.29, 0.717) is 12.8 Å². The maximum Gasteiger partial charge on any atom is 0.260 e. The van der Waals surface area contributed by atoms with Crippen LogP contribution in [0.4, 0.5) is 0 Å². The van der Waals surface area contributed by atoms with Crippen molar-refractivity contribution in [1.29, 1.82) is 0 Å². The molecular weight excluding hydrogens is 320 g/mol. The van der Waals surface area contributed by atoms with E-state index < -0.39 is 15.6 Å². The lowest BCUT2D eigenvalue weighted by atomic mass is 9.82. The molecule has 0 aromatic carbocycles. The number of nitrogens with zero attached hydrogens (tertiary/aromatic N) is 2. The molecule has 6 nitrogen and oxygen atoms in total. The van der Waals surface area contributed by atoms with Crippen LogP contribution in [0.15, 0.2) is 11.2 Å². The molecule has 20 heavy (non-hydrogen) atoms. The Morgan fingerprint density at radius 2 is 2.10 bits per heavy atom. The molecule has 3 N–H and O–H groups in total. The number of nitrogens with one attached hydrogen (secondary N) is 1. The fraction of sp³-hybridized carbons (Fsp3) is 0.636. The van der Waals surface area contributed by atoms with Gasteiger partial charge in [0.05, 0.1) is 21.7 Å². The molecule has 0 radical (unpaired) electrons. The van der Waals surface area contributed by atoms with Crippen molar-refractivity contribution in [3.05, 3.63) is 11.2 Å². The summed E-state index contributed by atoms with van der Waals surface area (Å²) >= 11 is 11.0. The number of rotatable bonds is 4. The summed E-state index contributed by atoms with van der Waals surface area (Å²) in [6.45, 7) is 0. The molecule has 0 amide bonds. The lowest BCUT2D eigenvalue weighted by molar-refractivity contribution is 0.352. The zero-order chi connectivity index (χ0) is 15.0. The van der Waals surface area contributed by atoms with Crippen LogP contribution in [0.3, 0.4) is 0 Å². The highest BCUT2D eigenvalue weighted by Gasteiger charge is 2.40. The molecule has 0 atom stereocenters. The standard InChI is InChI=1S/C11H17ClN4O2S2/c1-16-9(8(12)7-14-16)20(17,18)15-11(10(13)19)5-3-2-4-6-11/h7,15H,2-6H2,1H3,(H2,13,19). The molecule has 1 aromatic heterocycles. The molecule has 0 aliphatic heterocycles. The Balaban J connectivity index is 2.38. The summed E-state index contributed by atoms with van der Waals surface area (Å²) < 4.78 is 29.0. The van der Waals surface area contributed by atoms with Crippen molar-refractivity contribution in [3.63, 3.8) is 0 Å². The van der Waals surface area contributed by atoms with Gasteiger partial charge in [0.15, 0.2) is 5.03 Å². The van der Waals surface area contributed by atoms with Crippen LogP contribution in [0, 0.1) is 0 Å². The fourth-order valence-corrected chi connectivity index (χ4v) is 4.98. The SMILES string of the molecule is Cn1ncc(Cl)c1S(=O)(=O)NC1(C(N)=S)CCCCC1. The number of nitrogens with two attached hydrogens (primary N) is 1. The first kappa shape index (κ1) is 15.7. The lowest BCUT2D eigenvalue weighted by Crippen LogP contribution is -2.57. The van der Waals surface area contributed by atoms with Crippen LogP contribution in [0.5, 0.6) is 0 Å². The predicted octanol–water partition coefficient (Wildman–Crippen LogP) is 1.34. The van der Waals surface area contributed by atoms with Crippen LogP contribution in [-0.4, -0.2) is 28.7 Å². The van der Waals surface area contributed by atoms with Gasteiger partial charge in [-0.25, -0.2) is 8.42 Å². The Morgan fingerprint density at radius 1 is 1.50 bits per heavy atom. The summed E-state index contributed by atoms with van der Waals surface area (Å²) in [5.74, 6) is 0. The van der Waals surface area contributed by atoms with Gasteiger partial charge < -0.3 is 5.73 Å². The smallest absolute Gasteiger partial charge is 0.260 e. The molecule has 1 aliphatic carbocycles. The van der Waals surface area contributed by atoms with Gasteiger partial charge in [-0.1, -0.05) is 43.1 Å². The number of hydrogen-bond acceptors (Lipinski definition) is 4. The van der Waals surface area contributed by atoms with Crippen LogP contribution in [0.2, 0.25) is 5.02 Å². The maximum atomic E-state index is 12.5. The number of thiocarbonyl (C=S) groups is 1. The third-order valence-electron chi connectivity index (χ3n) is 3.61. The zero-order valence-corrected chi connectivity index (χ0v) is 13.5. The summed E-state index contributed by atoms with van der Waals surface area (Å²) in [5.41, 5.74) is 4.93. The Kier molecular flexibility index (Phi) is 4.38. The highest BCUT2D eigenvalue weighted by Crippen LogP contribution is 2.31. The van der Waals surface area contributed by atoms with Crippen LogP contribution in [-0.2, 0) is 17.1 Å². The predicted molar refractivity (Wildman–Crippen MR) is 81.1 cm³/mol. The summed E-state index contributed by atoms with van der Waals surface area (Å²) in [7, 11) is -2.31. The van der Waals surface area contributed by atoms with Crippen LogP contribution in [0.25, 0.3) is 0 Å². The first-order valence-corrected chi connectivity index (χ1v) is 8.57. The van der Waals surface area contributed by atoms with Crippen molar-refractivity contribution in [2.75, 3.05) is 0 Å². The van der Waals surface area contributed by atoms with Crippen molar-refractivity contribution < 1.29 is 8.42 Å². The van der Waals surface area contributed by atoms with Gasteiger partial charge in [0.2, 0.25) is 0 Å². The Labute approximate surface area is 128 Å². The van der Waals surface area contributed by atoms with Gasteiger partial charge in [-0.2, -0.15) is 9.82 Å². The molecule has 1 aliphatic rings. The van der Waals surface area contributed by atoms with E-state index in [1.54, 1.807) is 0 Å². The summed E-state index contributed by atoms with van der Waals surface area (Å²) in [6, 6.07) is 0. The molecule has 2 rings (SSSR count). The molecule has 112 valence electrons. The topological polar surface area (TPSA) is 90.0 Å². The average Bonchev–Trinajstić information content (AvgIpc) is 2.70. The average molecular weight is 337 g/mol. The number of sulfonamides is 1. The molecule has 0 spiro atoms. The molecule has 0 saturated heterocycles. The highest BCUT2D eigenvalue weighted by molar-refractivity contribution is 7.89. The van der Waals surface area contributed by atoms with E-state index in [0.717, 1.165) is 19.3 Å². The first-order valence-electron chi connectivity index (χ1n) is 6.30. The molecular formula is C11H17ClN4O2S2. The van der Waals surface area contributed by atoms with Gasteiger partial charge >= 0.3 is 0 Å². The summed E-state index contributed by atoms with van der Waals surface area (Å²) in [5, 5.41) is 3.85. The normalized spacial score (nSPS) is 18.9. The maximum absolute atomic E-state index is 12.5. The van der Waals surface area contributed by atoms with Crippen molar-refractivity contribution in [2.24, 2.45) is 12.8 Å². The summed E-state index contributed by atoms with van der Waals surface area (Å²) in [4.78, 5) is 0.180. The van der Waals surface area contributed by atoms with E-state index in [2.05, 4.69) is 9.82 Å². The first-order chi connectivity index (χ1) is 9.28. The monoisotopic (exact) mass is 336 g/mol. The van der Waals surface area contributed by atoms with E-state index in [4.69, 9.17) is 29.6 Å². The van der Waals surface area contributed by atoms with Crippen molar-refractivity contribution in [2.45, 2.75) is 42.7 Å². The Morgan fingerprint density at radius 3 is 2.55 bits per heavy atom. The second-order valence-corrected chi connectivity index (χ2v) is 7.48. The van der Waals surface area contributed by atoms with Crippen LogP contribution in [0.1, 0.15) is 32.1 Å². The van der Waals surface area contributed by atoms with E-state index >= 15 is 0 Å². The van der Waals surface area contributed by atoms with E-state index in [1.807, 2.05) is 0 Å². The number of aromatic nitrogens is 2. The van der Waals surface area contributed by atoms with Crippen molar-refractivity contribution >= 4 is 38.8 Å². The van der Waals surface area contributed by atoms with E-state index in [-0.39, 0.29) is 15.0 Å². The van der Waals surface area contributed by atoms with Crippen molar-refractivity contribution in [3.8, 4) is 0 Å². The molecule has 0 unspecified atom stereocenters. The van der Waals surface area contributed by atoms with Crippen molar-refractivity contribution in [1.82, 2.24) is 14.5 Å². The molecule has 1 fully saturated rings. The zero-order valence-electron chi connectivity index (χ0n) is 11.1. The largest absolute Gasteiger partial charge is 0.392 e. The minimum Gasteiger partial charge on any atom is -0.392 e. The second-order valence-electron chi connectivity index (χ2n) is 5.03. The third-order valence-corrected chi connectivity index (χ3v) is 6.04. The lowest BCUT2D eigenvalue weighted by Gasteiger charge is -2.36. The minimum absolute atomic E-state index is 0.0691. The number of halogens is 1. The molecule has 1 saturated carbocycles.